The van der Waals surface area contributed by atoms with E-state index in [1.54, 1.807) is 0 Å². The lowest BCUT2D eigenvalue weighted by molar-refractivity contribution is 0.0870. The Morgan fingerprint density at radius 1 is 1.05 bits per heavy atom. The Bertz CT molecular complexity index is 507. The third kappa shape index (κ3) is 2.06. The second-order valence-electron chi connectivity index (χ2n) is 6.22. The van der Waals surface area contributed by atoms with Crippen LogP contribution in [-0.4, -0.2) is 25.3 Å². The number of hydrogen-bond acceptors (Lipinski definition) is 3. The molecule has 3 aliphatic heterocycles. The van der Waals surface area contributed by atoms with E-state index in [2.05, 4.69) is 5.32 Å². The molecule has 2 atom stereocenters. The molecular weight excluding hydrogens is 257 g/mol. The zero-order valence-electron chi connectivity index (χ0n) is 11.5. The van der Waals surface area contributed by atoms with E-state index in [1.165, 1.54) is 0 Å². The maximum atomic E-state index is 15.4. The zero-order chi connectivity index (χ0) is 13.6. The molecule has 108 valence electrons. The molecular formula is C16H20FNO2. The van der Waals surface area contributed by atoms with Crippen LogP contribution in [0.1, 0.15) is 37.7 Å². The molecule has 1 N–H and O–H groups in total. The lowest BCUT2D eigenvalue weighted by atomic mass is 9.83. The fraction of sp³-hybridized carbons (Fsp3) is 0.625. The molecule has 0 aliphatic carbocycles. The van der Waals surface area contributed by atoms with Crippen LogP contribution in [-0.2, 0) is 5.67 Å². The second-order valence-corrected chi connectivity index (χ2v) is 6.22. The standard InChI is InChI=1S/C16H20FNO2/c17-16(9-12-3-4-13(10-16)18-12)11-2-5-14-15(8-11)20-7-1-6-19-14/h2,5,8,12-13,18H,1,3-4,6-7,9-10H2. The number of fused-ring (bicyclic) bond motifs is 3. The Morgan fingerprint density at radius 3 is 2.50 bits per heavy atom. The summed E-state index contributed by atoms with van der Waals surface area (Å²) >= 11 is 0. The molecule has 2 saturated heterocycles. The molecule has 3 aliphatic rings. The summed E-state index contributed by atoms with van der Waals surface area (Å²) in [5.74, 6) is 1.44. The molecule has 3 heterocycles. The number of ether oxygens (including phenoxy) is 2. The van der Waals surface area contributed by atoms with Crippen LogP contribution in [0.3, 0.4) is 0 Å². The molecule has 3 nitrogen and oxygen atoms in total. The lowest BCUT2D eigenvalue weighted by Gasteiger charge is -2.35. The average Bonchev–Trinajstić information content (AvgIpc) is 2.66. The second kappa shape index (κ2) is 4.62. The van der Waals surface area contributed by atoms with Crippen LogP contribution in [0.25, 0.3) is 0 Å². The van der Waals surface area contributed by atoms with Gasteiger partial charge in [-0.15, -0.1) is 0 Å². The monoisotopic (exact) mass is 277 g/mol. The van der Waals surface area contributed by atoms with Crippen molar-refractivity contribution >= 4 is 0 Å². The van der Waals surface area contributed by atoms with Gasteiger partial charge in [0.2, 0.25) is 0 Å². The maximum Gasteiger partial charge on any atom is 0.161 e. The van der Waals surface area contributed by atoms with E-state index >= 15 is 4.39 Å². The first kappa shape index (κ1) is 12.5. The highest BCUT2D eigenvalue weighted by atomic mass is 19.1. The Hall–Kier alpha value is -1.29. The van der Waals surface area contributed by atoms with Gasteiger partial charge >= 0.3 is 0 Å². The normalized spacial score (nSPS) is 35.6. The van der Waals surface area contributed by atoms with E-state index in [1.807, 2.05) is 18.2 Å². The van der Waals surface area contributed by atoms with Crippen molar-refractivity contribution in [3.8, 4) is 11.5 Å². The van der Waals surface area contributed by atoms with E-state index in [9.17, 15) is 0 Å². The molecule has 1 aromatic rings. The third-order valence-electron chi connectivity index (χ3n) is 4.74. The van der Waals surface area contributed by atoms with Crippen LogP contribution in [0, 0.1) is 0 Å². The van der Waals surface area contributed by atoms with Crippen LogP contribution in [0.5, 0.6) is 11.5 Å². The molecule has 0 radical (unpaired) electrons. The number of alkyl halides is 1. The molecule has 0 saturated carbocycles. The number of rotatable bonds is 1. The Kier molecular flexibility index (Phi) is 2.88. The van der Waals surface area contributed by atoms with Crippen LogP contribution < -0.4 is 14.8 Å². The van der Waals surface area contributed by atoms with Crippen molar-refractivity contribution in [2.45, 2.75) is 49.9 Å². The average molecular weight is 277 g/mol. The van der Waals surface area contributed by atoms with Crippen molar-refractivity contribution < 1.29 is 13.9 Å². The van der Waals surface area contributed by atoms with E-state index in [-0.39, 0.29) is 0 Å². The van der Waals surface area contributed by atoms with E-state index in [4.69, 9.17) is 9.47 Å². The number of hydrogen-bond donors (Lipinski definition) is 1. The largest absolute Gasteiger partial charge is 0.490 e. The van der Waals surface area contributed by atoms with Gasteiger partial charge < -0.3 is 14.8 Å². The lowest BCUT2D eigenvalue weighted by Crippen LogP contribution is -2.44. The predicted molar refractivity (Wildman–Crippen MR) is 74.0 cm³/mol. The van der Waals surface area contributed by atoms with Crippen LogP contribution in [0.2, 0.25) is 0 Å². The minimum atomic E-state index is -1.22. The third-order valence-corrected chi connectivity index (χ3v) is 4.74. The fourth-order valence-electron chi connectivity index (χ4n) is 3.77. The van der Waals surface area contributed by atoms with Gasteiger partial charge in [0.1, 0.15) is 5.67 Å². The highest BCUT2D eigenvalue weighted by Gasteiger charge is 2.45. The summed E-state index contributed by atoms with van der Waals surface area (Å²) in [6, 6.07) is 6.25. The molecule has 0 aromatic heterocycles. The van der Waals surface area contributed by atoms with Crippen molar-refractivity contribution in [2.75, 3.05) is 13.2 Å². The zero-order valence-corrected chi connectivity index (χ0v) is 11.5. The van der Waals surface area contributed by atoms with Crippen molar-refractivity contribution in [1.82, 2.24) is 5.32 Å². The Balaban J connectivity index is 1.66. The van der Waals surface area contributed by atoms with Gasteiger partial charge in [-0.1, -0.05) is 6.07 Å². The van der Waals surface area contributed by atoms with E-state index < -0.39 is 5.67 Å². The topological polar surface area (TPSA) is 30.5 Å². The van der Waals surface area contributed by atoms with Gasteiger partial charge in [0.15, 0.2) is 11.5 Å². The molecule has 4 rings (SSSR count). The highest BCUT2D eigenvalue weighted by molar-refractivity contribution is 5.45. The summed E-state index contributed by atoms with van der Waals surface area (Å²) in [7, 11) is 0. The van der Waals surface area contributed by atoms with Gasteiger partial charge in [-0.25, -0.2) is 4.39 Å². The van der Waals surface area contributed by atoms with Crippen molar-refractivity contribution in [2.24, 2.45) is 0 Å². The summed E-state index contributed by atoms with van der Waals surface area (Å²) in [6.07, 6.45) is 4.22. The molecule has 2 fully saturated rings. The summed E-state index contributed by atoms with van der Waals surface area (Å²) in [5, 5.41) is 3.49. The molecule has 20 heavy (non-hydrogen) atoms. The fourth-order valence-corrected chi connectivity index (χ4v) is 3.77. The maximum absolute atomic E-state index is 15.4. The minimum Gasteiger partial charge on any atom is -0.490 e. The van der Waals surface area contributed by atoms with Gasteiger partial charge in [-0.05, 0) is 30.5 Å². The Morgan fingerprint density at radius 2 is 1.75 bits per heavy atom. The number of nitrogens with one attached hydrogen (secondary N) is 1. The van der Waals surface area contributed by atoms with E-state index in [0.717, 1.165) is 30.6 Å². The molecule has 0 spiro atoms. The first-order valence-electron chi connectivity index (χ1n) is 7.58. The molecule has 2 unspecified atom stereocenters. The minimum absolute atomic E-state index is 0.328. The van der Waals surface area contributed by atoms with Gasteiger partial charge in [0.05, 0.1) is 13.2 Å². The van der Waals surface area contributed by atoms with Crippen molar-refractivity contribution in [1.29, 1.82) is 0 Å². The van der Waals surface area contributed by atoms with Gasteiger partial charge in [-0.3, -0.25) is 0 Å². The molecule has 4 heteroatoms. The molecule has 2 bridgehead atoms. The highest BCUT2D eigenvalue weighted by Crippen LogP contribution is 2.45. The van der Waals surface area contributed by atoms with Crippen LogP contribution in [0.15, 0.2) is 18.2 Å². The SMILES string of the molecule is FC1(c2ccc3c(c2)OCCCO3)CC2CCC(C1)N2. The quantitative estimate of drug-likeness (QED) is 0.856. The van der Waals surface area contributed by atoms with Gasteiger partial charge in [0, 0.05) is 31.3 Å². The number of benzene rings is 1. The number of piperidine rings is 1. The van der Waals surface area contributed by atoms with Crippen molar-refractivity contribution in [3.63, 3.8) is 0 Å². The van der Waals surface area contributed by atoms with Gasteiger partial charge in [-0.2, -0.15) is 0 Å². The summed E-state index contributed by atoms with van der Waals surface area (Å²) in [4.78, 5) is 0. The number of halogens is 1. The smallest absolute Gasteiger partial charge is 0.161 e. The summed E-state index contributed by atoms with van der Waals surface area (Å²) in [5.41, 5.74) is -0.470. The summed E-state index contributed by atoms with van der Waals surface area (Å²) < 4.78 is 26.7. The van der Waals surface area contributed by atoms with Crippen molar-refractivity contribution in [3.05, 3.63) is 23.8 Å². The van der Waals surface area contributed by atoms with Crippen LogP contribution in [0.4, 0.5) is 4.39 Å². The summed E-state index contributed by atoms with van der Waals surface area (Å²) in [6.45, 7) is 1.31. The van der Waals surface area contributed by atoms with Gasteiger partial charge in [0.25, 0.3) is 0 Å². The first-order chi connectivity index (χ1) is 9.73. The van der Waals surface area contributed by atoms with Crippen LogP contribution >= 0.6 is 0 Å². The van der Waals surface area contributed by atoms with E-state index in [0.29, 0.717) is 43.9 Å². The molecule has 0 amide bonds. The first-order valence-corrected chi connectivity index (χ1v) is 7.58. The Labute approximate surface area is 118 Å². The predicted octanol–water partition coefficient (Wildman–Crippen LogP) is 2.93. The molecule has 1 aromatic carbocycles.